The van der Waals surface area contributed by atoms with E-state index >= 15 is 0 Å². The molecule has 0 radical (unpaired) electrons. The van der Waals surface area contributed by atoms with E-state index in [1.54, 1.807) is 0 Å². The molecule has 0 saturated heterocycles. The molecular weight excluding hydrogens is 403 g/mol. The van der Waals surface area contributed by atoms with Gasteiger partial charge in [-0.05, 0) is 41.8 Å². The van der Waals surface area contributed by atoms with Crippen LogP contribution in [0.5, 0.6) is 0 Å². The highest BCUT2D eigenvalue weighted by Gasteiger charge is 2.13. The number of hydrogen-bond donors (Lipinski definition) is 3. The zero-order valence-electron chi connectivity index (χ0n) is 20.1. The third-order valence-corrected chi connectivity index (χ3v) is 4.06. The summed E-state index contributed by atoms with van der Waals surface area (Å²) in [5, 5.41) is 13.2. The van der Waals surface area contributed by atoms with Crippen molar-refractivity contribution in [3.8, 4) is 0 Å². The summed E-state index contributed by atoms with van der Waals surface area (Å²) < 4.78 is 45.9. The minimum atomic E-state index is -2.40. The summed E-state index contributed by atoms with van der Waals surface area (Å²) >= 11 is 0. The van der Waals surface area contributed by atoms with E-state index < -0.39 is 36.6 Å². The first-order valence-electron chi connectivity index (χ1n) is 10.9. The topological polar surface area (TPSA) is 121 Å². The number of nitrogens with zero attached hydrogens (tertiary/aromatic N) is 2. The van der Waals surface area contributed by atoms with Crippen molar-refractivity contribution in [1.29, 1.82) is 0 Å². The normalized spacial score (nSPS) is 13.2. The molecule has 0 aliphatic heterocycles. The van der Waals surface area contributed by atoms with E-state index in [0.29, 0.717) is 0 Å². The Bertz CT molecular complexity index is 1300. The molecular formula is C22H19FN4O4. The quantitative estimate of drug-likeness (QED) is 0.534. The van der Waals surface area contributed by atoms with E-state index in [2.05, 4.69) is 20.6 Å². The molecule has 8 nitrogen and oxygen atoms in total. The average molecular weight is 426 g/mol. The molecule has 0 aliphatic rings. The molecule has 31 heavy (non-hydrogen) atoms. The molecule has 2 aromatic carbocycles. The second-order valence-electron chi connectivity index (χ2n) is 6.29. The van der Waals surface area contributed by atoms with Crippen LogP contribution in [0.1, 0.15) is 53.5 Å². The number of aromatic carboxylic acids is 1. The molecule has 0 atom stereocenters. The number of halogens is 1. The first-order valence-corrected chi connectivity index (χ1v) is 8.88. The van der Waals surface area contributed by atoms with E-state index in [-0.39, 0.29) is 33.6 Å². The van der Waals surface area contributed by atoms with Crippen molar-refractivity contribution in [2.24, 2.45) is 0 Å². The predicted molar refractivity (Wildman–Crippen MR) is 109 cm³/mol. The number of aromatic nitrogens is 2. The summed E-state index contributed by atoms with van der Waals surface area (Å²) in [6.45, 7) is -3.34. The summed E-state index contributed by atoms with van der Waals surface area (Å²) in [5.41, 5.74) is -0.621. The lowest BCUT2D eigenvalue weighted by Gasteiger charge is -2.08. The molecule has 3 rings (SSSR count). The minimum absolute atomic E-state index is 0.00103. The Morgan fingerprint density at radius 1 is 0.935 bits per heavy atom. The molecule has 2 amide bonds. The molecule has 0 bridgehead atoms. The number of nitrogens with one attached hydrogen (secondary N) is 2. The van der Waals surface area contributed by atoms with Gasteiger partial charge in [0.1, 0.15) is 23.5 Å². The van der Waals surface area contributed by atoms with E-state index in [1.807, 2.05) is 0 Å². The zero-order chi connectivity index (χ0) is 26.0. The molecule has 9 heteroatoms. The van der Waals surface area contributed by atoms with Gasteiger partial charge < -0.3 is 15.7 Å². The van der Waals surface area contributed by atoms with Crippen molar-refractivity contribution in [1.82, 2.24) is 20.6 Å². The smallest absolute Gasteiger partial charge is 0.335 e. The summed E-state index contributed by atoms with van der Waals surface area (Å²) in [4.78, 5) is 43.6. The third-order valence-electron chi connectivity index (χ3n) is 4.06. The molecule has 1 heterocycles. The Balaban J connectivity index is 1.76. The van der Waals surface area contributed by atoms with Crippen LogP contribution >= 0.6 is 0 Å². The molecule has 3 N–H and O–H groups in total. The Morgan fingerprint density at radius 3 is 2.03 bits per heavy atom. The predicted octanol–water partition coefficient (Wildman–Crippen LogP) is 2.48. The summed E-state index contributed by atoms with van der Waals surface area (Å²) in [7, 11) is 0. The van der Waals surface area contributed by atoms with Gasteiger partial charge in [-0.2, -0.15) is 0 Å². The summed E-state index contributed by atoms with van der Waals surface area (Å²) in [6, 6.07) is 9.26. The number of carbonyl (C=O) groups is 3. The highest BCUT2D eigenvalue weighted by atomic mass is 19.1. The van der Waals surface area contributed by atoms with Crippen molar-refractivity contribution < 1.29 is 29.4 Å². The molecule has 158 valence electrons. The second-order valence-corrected chi connectivity index (χ2v) is 6.29. The van der Waals surface area contributed by atoms with E-state index in [1.165, 1.54) is 43.3 Å². The van der Waals surface area contributed by atoms with Crippen LogP contribution in [0.2, 0.25) is 0 Å². The number of hydrogen-bond acceptors (Lipinski definition) is 5. The second kappa shape index (κ2) is 9.57. The molecule has 0 spiro atoms. The van der Waals surface area contributed by atoms with Gasteiger partial charge in [0.2, 0.25) is 0 Å². The Morgan fingerprint density at radius 2 is 1.48 bits per heavy atom. The summed E-state index contributed by atoms with van der Waals surface area (Å²) in [6.07, 6.45) is 0.888. The molecule has 0 saturated carbocycles. The number of amides is 2. The highest BCUT2D eigenvalue weighted by molar-refractivity contribution is 5.97. The maximum Gasteiger partial charge on any atom is 0.335 e. The lowest BCUT2D eigenvalue weighted by molar-refractivity contribution is 0.0696. The molecule has 0 aliphatic carbocycles. The Hall–Kier alpha value is -4.14. The van der Waals surface area contributed by atoms with Crippen LogP contribution in [0.25, 0.3) is 0 Å². The fraction of sp³-hybridized carbons (Fsp3) is 0.136. The van der Waals surface area contributed by atoms with Crippen LogP contribution in [0.15, 0.2) is 54.9 Å². The van der Waals surface area contributed by atoms with Crippen molar-refractivity contribution in [2.75, 3.05) is 0 Å². The van der Waals surface area contributed by atoms with Gasteiger partial charge >= 0.3 is 5.97 Å². The van der Waals surface area contributed by atoms with Crippen molar-refractivity contribution in [3.63, 3.8) is 0 Å². The molecule has 1 aromatic heterocycles. The first kappa shape index (κ1) is 16.6. The summed E-state index contributed by atoms with van der Waals surface area (Å²) in [5.74, 6) is -3.70. The van der Waals surface area contributed by atoms with Crippen LogP contribution in [-0.4, -0.2) is 32.9 Å². The maximum absolute atomic E-state index is 13.5. The van der Waals surface area contributed by atoms with Gasteiger partial charge in [-0.1, -0.05) is 24.3 Å². The minimum Gasteiger partial charge on any atom is -0.478 e. The number of rotatable bonds is 7. The fourth-order valence-electron chi connectivity index (χ4n) is 2.41. The van der Waals surface area contributed by atoms with E-state index in [0.717, 1.165) is 18.5 Å². The largest absolute Gasteiger partial charge is 0.478 e. The zero-order valence-corrected chi connectivity index (χ0v) is 16.1. The molecule has 3 aromatic rings. The fourth-order valence-corrected chi connectivity index (χ4v) is 2.41. The number of carboxylic acids is 1. The van der Waals surface area contributed by atoms with Gasteiger partial charge in [-0.25, -0.2) is 19.2 Å². The lowest BCUT2D eigenvalue weighted by Crippen LogP contribution is -2.27. The van der Waals surface area contributed by atoms with Crippen LogP contribution in [0, 0.1) is 12.7 Å². The van der Waals surface area contributed by atoms with Gasteiger partial charge in [-0.15, -0.1) is 0 Å². The number of benzene rings is 2. The van der Waals surface area contributed by atoms with E-state index in [4.69, 9.17) is 10.6 Å². The average Bonchev–Trinajstić information content (AvgIpc) is 2.80. The van der Waals surface area contributed by atoms with Crippen molar-refractivity contribution in [3.05, 3.63) is 94.3 Å². The van der Waals surface area contributed by atoms with Crippen LogP contribution in [0.3, 0.4) is 0 Å². The van der Waals surface area contributed by atoms with Crippen LogP contribution in [0.4, 0.5) is 4.39 Å². The SMILES string of the molecule is [2H]C([2H])(NC(=O)c1cc(C(=O)NC([2H])([2H])c2ccc(F)c(C)c2)ncn1)c1ccc(C(=O)O)cc1. The van der Waals surface area contributed by atoms with Crippen molar-refractivity contribution >= 4 is 17.8 Å². The monoisotopic (exact) mass is 426 g/mol. The number of carbonyl (C=O) groups excluding carboxylic acids is 2. The highest BCUT2D eigenvalue weighted by Crippen LogP contribution is 2.09. The number of aryl methyl sites for hydroxylation is 1. The lowest BCUT2D eigenvalue weighted by atomic mass is 10.1. The molecule has 0 fully saturated rings. The van der Waals surface area contributed by atoms with Gasteiger partial charge in [0.15, 0.2) is 0 Å². The van der Waals surface area contributed by atoms with Gasteiger partial charge in [0.05, 0.1) is 11.0 Å². The Kier molecular flexibility index (Phi) is 5.14. The van der Waals surface area contributed by atoms with Crippen LogP contribution in [-0.2, 0) is 13.0 Å². The number of carboxylic acid groups (broad SMARTS) is 1. The first-order chi connectivity index (χ1) is 16.3. The maximum atomic E-state index is 13.5. The Labute approximate surface area is 182 Å². The standard InChI is InChI=1S/C22H19FN4O4/c1-13-8-15(4-7-17(13)23)11-25-21(29)19-9-18(26-12-27-19)20(28)24-10-14-2-5-16(6-3-14)22(30)31/h2-9,12H,10-11H2,1H3,(H,24,28)(H,25,29)(H,30,31)/i10D2,11D2. The van der Waals surface area contributed by atoms with E-state index in [9.17, 15) is 18.8 Å². The van der Waals surface area contributed by atoms with Crippen molar-refractivity contribution in [2.45, 2.75) is 19.9 Å². The van der Waals surface area contributed by atoms with Crippen LogP contribution < -0.4 is 10.6 Å². The molecule has 0 unspecified atom stereocenters. The van der Waals surface area contributed by atoms with Gasteiger partial charge in [0, 0.05) is 19.1 Å². The van der Waals surface area contributed by atoms with Gasteiger partial charge in [-0.3, -0.25) is 9.59 Å². The third kappa shape index (κ3) is 5.69. The van der Waals surface area contributed by atoms with Gasteiger partial charge in [0.25, 0.3) is 11.8 Å².